The van der Waals surface area contributed by atoms with Crippen LogP contribution in [0.1, 0.15) is 95.2 Å². The van der Waals surface area contributed by atoms with Crippen LogP contribution in [0.2, 0.25) is 5.02 Å². The summed E-state index contributed by atoms with van der Waals surface area (Å²) in [6.45, 7) is 19.3. The van der Waals surface area contributed by atoms with E-state index in [-0.39, 0.29) is 30.0 Å². The number of ether oxygens (including phenoxy) is 3. The van der Waals surface area contributed by atoms with Crippen molar-refractivity contribution in [3.63, 3.8) is 0 Å². The third-order valence-electron chi connectivity index (χ3n) is 15.6. The lowest BCUT2D eigenvalue weighted by Crippen LogP contribution is -2.76. The first-order valence-corrected chi connectivity index (χ1v) is 17.7. The molecule has 8 heteroatoms. The summed E-state index contributed by atoms with van der Waals surface area (Å²) in [4.78, 5) is 0. The Kier molecular flexibility index (Phi) is 5.09. The molecule has 3 saturated carbocycles. The first kappa shape index (κ1) is 29.2. The van der Waals surface area contributed by atoms with Crippen LogP contribution >= 0.6 is 11.6 Å². The molecule has 246 valence electrons. The van der Waals surface area contributed by atoms with E-state index in [0.29, 0.717) is 17.9 Å². The van der Waals surface area contributed by atoms with Crippen molar-refractivity contribution in [1.82, 2.24) is 4.57 Å². The molecule has 10 rings (SSSR count). The van der Waals surface area contributed by atoms with E-state index in [4.69, 9.17) is 25.8 Å². The second kappa shape index (κ2) is 8.01. The van der Waals surface area contributed by atoms with Crippen LogP contribution in [0.3, 0.4) is 0 Å². The predicted octanol–water partition coefficient (Wildman–Crippen LogP) is 5.67. The number of aliphatic hydroxyl groups excluding tert-OH is 1. The Labute approximate surface area is 275 Å². The molecule has 0 radical (unpaired) electrons. The maximum atomic E-state index is 13.3. The molecular formula is C38H46ClNO6. The van der Waals surface area contributed by atoms with E-state index >= 15 is 0 Å². The third-order valence-corrected chi connectivity index (χ3v) is 15.9. The van der Waals surface area contributed by atoms with Gasteiger partial charge in [0.1, 0.15) is 29.5 Å². The second-order valence-corrected chi connectivity index (χ2v) is 17.8. The van der Waals surface area contributed by atoms with Gasteiger partial charge in [-0.05, 0) is 82.1 Å². The molecule has 2 saturated heterocycles. The summed E-state index contributed by atoms with van der Waals surface area (Å²) >= 11 is 7.14. The van der Waals surface area contributed by atoms with Crippen molar-refractivity contribution in [2.75, 3.05) is 0 Å². The minimum absolute atomic E-state index is 0.0251. The molecule has 2 aromatic rings. The van der Waals surface area contributed by atoms with E-state index < -0.39 is 51.5 Å². The Morgan fingerprint density at radius 3 is 2.57 bits per heavy atom. The molecule has 5 aliphatic carbocycles. The van der Waals surface area contributed by atoms with Gasteiger partial charge in [-0.2, -0.15) is 0 Å². The van der Waals surface area contributed by atoms with Crippen LogP contribution in [-0.2, 0) is 38.7 Å². The van der Waals surface area contributed by atoms with Gasteiger partial charge in [-0.15, -0.1) is 0 Å². The van der Waals surface area contributed by atoms with E-state index in [0.717, 1.165) is 64.4 Å². The van der Waals surface area contributed by atoms with Gasteiger partial charge in [-0.1, -0.05) is 44.2 Å². The molecular weight excluding hydrogens is 602 g/mol. The predicted molar refractivity (Wildman–Crippen MR) is 174 cm³/mol. The third kappa shape index (κ3) is 2.64. The lowest BCUT2D eigenvalue weighted by Gasteiger charge is -2.67. The Morgan fingerprint density at radius 2 is 1.85 bits per heavy atom. The molecule has 0 bridgehead atoms. The van der Waals surface area contributed by atoms with E-state index in [1.54, 1.807) is 0 Å². The van der Waals surface area contributed by atoms with Gasteiger partial charge in [0.05, 0.1) is 23.3 Å². The van der Waals surface area contributed by atoms with Crippen molar-refractivity contribution in [3.8, 4) is 0 Å². The quantitative estimate of drug-likeness (QED) is 0.273. The lowest BCUT2D eigenvalue weighted by atomic mass is 9.40. The molecule has 0 unspecified atom stereocenters. The molecule has 46 heavy (non-hydrogen) atoms. The maximum Gasteiger partial charge on any atom is 0.153 e. The number of epoxide rings is 1. The molecule has 3 N–H and O–H groups in total. The van der Waals surface area contributed by atoms with Crippen LogP contribution in [-0.4, -0.2) is 61.1 Å². The van der Waals surface area contributed by atoms with Crippen LogP contribution < -0.4 is 0 Å². The second-order valence-electron chi connectivity index (χ2n) is 17.4. The van der Waals surface area contributed by atoms with Crippen molar-refractivity contribution in [2.45, 2.75) is 131 Å². The Hall–Kier alpha value is -1.71. The normalized spacial score (nSPS) is 51.7. The monoisotopic (exact) mass is 647 g/mol. The number of aliphatic hydroxyl groups is 3. The van der Waals surface area contributed by atoms with E-state index in [2.05, 4.69) is 58.5 Å². The van der Waals surface area contributed by atoms with E-state index in [1.165, 1.54) is 5.69 Å². The Morgan fingerprint density at radius 1 is 1.11 bits per heavy atom. The highest BCUT2D eigenvalue weighted by Crippen LogP contribution is 2.78. The van der Waals surface area contributed by atoms with Gasteiger partial charge >= 0.3 is 0 Å². The minimum Gasteiger partial charge on any atom is -0.387 e. The summed E-state index contributed by atoms with van der Waals surface area (Å²) in [5.41, 5.74) is 2.11. The number of rotatable bonds is 1. The molecule has 3 aliphatic heterocycles. The summed E-state index contributed by atoms with van der Waals surface area (Å²) in [6.07, 6.45) is 1.86. The molecule has 13 atom stereocenters. The SMILES string of the molecule is C=C(C)[C@H]1O[C@H]2CC[C@@]3(C)[C@@](O)(CC[C@H]4[C@@H]5OC(C)(C)[C@@H]6C[C@@H]7C(=C)Cc8c(Cl)cc9c(c5c(n9C)[C@@]43C)c8[C@@]76O)[C@]23O[C@@H]3[C@H]1O. The average Bonchev–Trinajstić information content (AvgIpc) is 3.61. The number of fused-ring (bicyclic) bond motifs is 5. The standard InChI is InChI=1S/C38H46ClNO6/c1-16(2)29-28(41)32-38(46-32)24(44-29)10-11-34(6)35(7)19(9-12-36(34,38)42)30-26-25-22(40(8)31(26)35)15-21(39)18-13-17(3)20-14-23(33(4,5)45-30)37(20,43)27(18)25/h15,19-20,23-24,28-30,32,41-43H,1,3,9-14H2,2,4-8H3/t19-,20+,23-,24-,28-,29+,30-,32+,34+,35+,36-,37+,38-/m0/s1. The van der Waals surface area contributed by atoms with Crippen LogP contribution in [0.15, 0.2) is 30.4 Å². The van der Waals surface area contributed by atoms with E-state index in [1.807, 2.05) is 6.92 Å². The fraction of sp³-hybridized carbons (Fsp3) is 0.684. The molecule has 5 fully saturated rings. The van der Waals surface area contributed by atoms with Crippen LogP contribution in [0.25, 0.3) is 10.9 Å². The summed E-state index contributed by atoms with van der Waals surface area (Å²) in [6, 6.07) is 2.08. The topological polar surface area (TPSA) is 96.6 Å². The van der Waals surface area contributed by atoms with Gasteiger partial charge in [0, 0.05) is 57.3 Å². The van der Waals surface area contributed by atoms with Gasteiger partial charge in [0.25, 0.3) is 0 Å². The zero-order chi connectivity index (χ0) is 32.5. The van der Waals surface area contributed by atoms with E-state index in [9.17, 15) is 15.3 Å². The van der Waals surface area contributed by atoms with Crippen molar-refractivity contribution in [1.29, 1.82) is 0 Å². The molecule has 8 aliphatic rings. The minimum atomic E-state index is -1.24. The number of hydrogen-bond acceptors (Lipinski definition) is 6. The van der Waals surface area contributed by atoms with Gasteiger partial charge in [0.15, 0.2) is 5.60 Å². The highest BCUT2D eigenvalue weighted by Gasteiger charge is 2.87. The highest BCUT2D eigenvalue weighted by molar-refractivity contribution is 6.32. The van der Waals surface area contributed by atoms with Crippen LogP contribution in [0.4, 0.5) is 0 Å². The Balaban J connectivity index is 1.23. The summed E-state index contributed by atoms with van der Waals surface area (Å²) in [7, 11) is 2.13. The maximum absolute atomic E-state index is 13.3. The van der Waals surface area contributed by atoms with Crippen molar-refractivity contribution < 1.29 is 29.5 Å². The molecule has 4 heterocycles. The zero-order valence-electron chi connectivity index (χ0n) is 27.7. The van der Waals surface area contributed by atoms with Crippen LogP contribution in [0.5, 0.6) is 0 Å². The smallest absolute Gasteiger partial charge is 0.153 e. The number of hydrogen-bond donors (Lipinski definition) is 3. The first-order valence-electron chi connectivity index (χ1n) is 17.3. The fourth-order valence-electron chi connectivity index (χ4n) is 13.3. The number of benzene rings is 1. The number of aromatic nitrogens is 1. The molecule has 1 aromatic carbocycles. The number of nitrogens with zero attached hydrogens (tertiary/aromatic N) is 1. The van der Waals surface area contributed by atoms with Gasteiger partial charge in [0.2, 0.25) is 0 Å². The highest BCUT2D eigenvalue weighted by atomic mass is 35.5. The zero-order valence-corrected chi connectivity index (χ0v) is 28.5. The van der Waals surface area contributed by atoms with Gasteiger partial charge < -0.3 is 34.1 Å². The van der Waals surface area contributed by atoms with Crippen molar-refractivity contribution >= 4 is 22.5 Å². The fourth-order valence-corrected chi connectivity index (χ4v) is 13.6. The largest absolute Gasteiger partial charge is 0.387 e. The summed E-state index contributed by atoms with van der Waals surface area (Å²) < 4.78 is 22.8. The molecule has 7 nitrogen and oxygen atoms in total. The molecule has 1 spiro atoms. The Bertz CT molecular complexity index is 1850. The first-order chi connectivity index (χ1) is 21.5. The number of halogens is 1. The summed E-state index contributed by atoms with van der Waals surface area (Å²) in [5, 5.41) is 39.4. The average molecular weight is 648 g/mol. The summed E-state index contributed by atoms with van der Waals surface area (Å²) in [5.74, 6) is -0.0189. The van der Waals surface area contributed by atoms with Gasteiger partial charge in [-0.3, -0.25) is 0 Å². The lowest BCUT2D eigenvalue weighted by molar-refractivity contribution is -0.282. The number of aryl methyl sites for hydroxylation is 1. The molecule has 1 aromatic heterocycles. The van der Waals surface area contributed by atoms with Gasteiger partial charge in [-0.25, -0.2) is 0 Å². The van der Waals surface area contributed by atoms with Crippen molar-refractivity contribution in [3.05, 3.63) is 57.8 Å². The van der Waals surface area contributed by atoms with Crippen LogP contribution in [0, 0.1) is 23.2 Å². The van der Waals surface area contributed by atoms with Crippen molar-refractivity contribution in [2.24, 2.45) is 30.2 Å². The molecule has 0 amide bonds.